The number of nitrogens with one attached hydrogen (secondary N) is 1. The molecule has 0 fully saturated rings. The number of hydrogen-bond donors (Lipinski definition) is 1. The van der Waals surface area contributed by atoms with Crippen molar-refractivity contribution >= 4 is 68.0 Å². The van der Waals surface area contributed by atoms with E-state index in [9.17, 15) is 0 Å². The molecule has 1 N–H and O–H groups in total. The summed E-state index contributed by atoms with van der Waals surface area (Å²) in [5.41, 5.74) is 2.67. The second-order valence-corrected chi connectivity index (χ2v) is 8.34. The third-order valence-electron chi connectivity index (χ3n) is 3.80. The number of hydrogen-bond acceptors (Lipinski definition) is 2. The molecule has 0 unspecified atom stereocenters. The van der Waals surface area contributed by atoms with Crippen LogP contribution in [0.2, 0.25) is 20.1 Å². The highest BCUT2D eigenvalue weighted by Crippen LogP contribution is 2.29. The molecule has 0 heterocycles. The summed E-state index contributed by atoms with van der Waals surface area (Å²) < 4.78 is 6.95. The van der Waals surface area contributed by atoms with Crippen LogP contribution in [0.15, 0.2) is 59.1 Å². The Balaban J connectivity index is 1.74. The van der Waals surface area contributed by atoms with Crippen LogP contribution in [-0.2, 0) is 13.2 Å². The first-order chi connectivity index (χ1) is 12.9. The molecule has 0 aliphatic rings. The highest BCUT2D eigenvalue weighted by atomic mass is 79.9. The SMILES string of the molecule is Clc1ccc(Cl)c(NCc2cc(Br)ccc2OCc2ccc(Cl)c(Cl)c2)c1. The lowest BCUT2D eigenvalue weighted by Crippen LogP contribution is -2.04. The van der Waals surface area contributed by atoms with Crippen LogP contribution in [0.25, 0.3) is 0 Å². The number of anilines is 1. The highest BCUT2D eigenvalue weighted by molar-refractivity contribution is 9.10. The van der Waals surface area contributed by atoms with Crippen molar-refractivity contribution in [1.29, 1.82) is 0 Å². The minimum Gasteiger partial charge on any atom is -0.489 e. The van der Waals surface area contributed by atoms with Crippen LogP contribution >= 0.6 is 62.3 Å². The number of ether oxygens (including phenoxy) is 1. The van der Waals surface area contributed by atoms with Gasteiger partial charge in [0.25, 0.3) is 0 Å². The van der Waals surface area contributed by atoms with Gasteiger partial charge in [0.2, 0.25) is 0 Å². The van der Waals surface area contributed by atoms with E-state index in [0.29, 0.717) is 33.2 Å². The summed E-state index contributed by atoms with van der Waals surface area (Å²) >= 11 is 27.8. The van der Waals surface area contributed by atoms with E-state index in [1.165, 1.54) is 0 Å². The van der Waals surface area contributed by atoms with Gasteiger partial charge < -0.3 is 10.1 Å². The standard InChI is InChI=1S/C20H14BrCl4NO/c21-14-2-6-20(27-11-12-1-4-16(23)18(25)7-12)13(8-14)10-26-19-9-15(22)3-5-17(19)24/h1-9,26H,10-11H2. The highest BCUT2D eigenvalue weighted by Gasteiger charge is 2.08. The molecule has 0 saturated heterocycles. The van der Waals surface area contributed by atoms with Crippen molar-refractivity contribution in [3.8, 4) is 5.75 Å². The number of rotatable bonds is 6. The molecule has 0 aliphatic heterocycles. The quantitative estimate of drug-likeness (QED) is 0.364. The molecule has 0 atom stereocenters. The Morgan fingerprint density at radius 1 is 0.815 bits per heavy atom. The Morgan fingerprint density at radius 2 is 1.59 bits per heavy atom. The maximum absolute atomic E-state index is 6.22. The fourth-order valence-corrected chi connectivity index (χ4v) is 3.53. The lowest BCUT2D eigenvalue weighted by atomic mass is 10.2. The van der Waals surface area contributed by atoms with E-state index in [2.05, 4.69) is 21.2 Å². The van der Waals surface area contributed by atoms with Crippen LogP contribution in [0.1, 0.15) is 11.1 Å². The van der Waals surface area contributed by atoms with Crippen molar-refractivity contribution < 1.29 is 4.74 Å². The summed E-state index contributed by atoms with van der Waals surface area (Å²) in [6, 6.07) is 16.6. The van der Waals surface area contributed by atoms with Gasteiger partial charge in [-0.3, -0.25) is 0 Å². The summed E-state index contributed by atoms with van der Waals surface area (Å²) in [7, 11) is 0. The first kappa shape index (κ1) is 20.6. The lowest BCUT2D eigenvalue weighted by molar-refractivity contribution is 0.303. The second kappa shape index (κ2) is 9.40. The van der Waals surface area contributed by atoms with Gasteiger partial charge in [0.05, 0.1) is 20.8 Å². The predicted molar refractivity (Wildman–Crippen MR) is 119 cm³/mol. The largest absolute Gasteiger partial charge is 0.489 e. The van der Waals surface area contributed by atoms with Crippen molar-refractivity contribution in [3.05, 3.63) is 90.3 Å². The van der Waals surface area contributed by atoms with Gasteiger partial charge in [0.1, 0.15) is 12.4 Å². The van der Waals surface area contributed by atoms with E-state index >= 15 is 0 Å². The van der Waals surface area contributed by atoms with Gasteiger partial charge in [-0.2, -0.15) is 0 Å². The second-order valence-electron chi connectivity index (χ2n) is 5.77. The Hall–Kier alpha value is -1.10. The first-order valence-corrected chi connectivity index (χ1v) is 10.3. The predicted octanol–water partition coefficient (Wildman–Crippen LogP) is 8.25. The number of benzene rings is 3. The summed E-state index contributed by atoms with van der Waals surface area (Å²) in [5, 5.41) is 5.55. The lowest BCUT2D eigenvalue weighted by Gasteiger charge is -2.14. The fraction of sp³-hybridized carbons (Fsp3) is 0.100. The summed E-state index contributed by atoms with van der Waals surface area (Å²) in [5.74, 6) is 0.759. The molecule has 3 rings (SSSR count). The number of halogens is 5. The maximum atomic E-state index is 6.22. The topological polar surface area (TPSA) is 21.3 Å². The van der Waals surface area contributed by atoms with Crippen molar-refractivity contribution in [2.24, 2.45) is 0 Å². The van der Waals surface area contributed by atoms with Gasteiger partial charge in [-0.05, 0) is 54.1 Å². The molecule has 140 valence electrons. The molecule has 7 heteroatoms. The molecule has 0 amide bonds. The molecule has 0 aromatic heterocycles. The minimum atomic E-state index is 0.378. The van der Waals surface area contributed by atoms with E-state index in [1.54, 1.807) is 30.3 Å². The first-order valence-electron chi connectivity index (χ1n) is 7.96. The maximum Gasteiger partial charge on any atom is 0.124 e. The zero-order valence-electron chi connectivity index (χ0n) is 13.9. The van der Waals surface area contributed by atoms with E-state index in [-0.39, 0.29) is 0 Å². The van der Waals surface area contributed by atoms with Gasteiger partial charge in [0.15, 0.2) is 0 Å². The molecule has 2 nitrogen and oxygen atoms in total. The van der Waals surface area contributed by atoms with Gasteiger partial charge in [-0.1, -0.05) is 68.4 Å². The molecule has 0 bridgehead atoms. The van der Waals surface area contributed by atoms with Crippen molar-refractivity contribution in [1.82, 2.24) is 0 Å². The molecular formula is C20H14BrCl4NO. The Kier molecular flexibility index (Phi) is 7.18. The molecule has 27 heavy (non-hydrogen) atoms. The third kappa shape index (κ3) is 5.69. The Labute approximate surface area is 186 Å². The Bertz CT molecular complexity index is 965. The Morgan fingerprint density at radius 3 is 2.37 bits per heavy atom. The molecule has 0 aliphatic carbocycles. The zero-order chi connectivity index (χ0) is 19.4. The van der Waals surface area contributed by atoms with E-state index < -0.39 is 0 Å². The summed E-state index contributed by atoms with van der Waals surface area (Å²) in [6.45, 7) is 0.902. The molecule has 3 aromatic rings. The van der Waals surface area contributed by atoms with E-state index in [1.807, 2.05) is 24.3 Å². The molecule has 0 radical (unpaired) electrons. The molecule has 3 aromatic carbocycles. The van der Waals surface area contributed by atoms with Gasteiger partial charge in [-0.15, -0.1) is 0 Å². The minimum absolute atomic E-state index is 0.378. The van der Waals surface area contributed by atoms with Crippen molar-refractivity contribution in [2.75, 3.05) is 5.32 Å². The fourth-order valence-electron chi connectivity index (χ4n) is 2.44. The average molecular weight is 506 g/mol. The summed E-state index contributed by atoms with van der Waals surface area (Å²) in [4.78, 5) is 0. The molecular weight excluding hydrogens is 492 g/mol. The van der Waals surface area contributed by atoms with Crippen molar-refractivity contribution in [3.63, 3.8) is 0 Å². The van der Waals surface area contributed by atoms with Gasteiger partial charge in [0, 0.05) is 21.6 Å². The van der Waals surface area contributed by atoms with Crippen molar-refractivity contribution in [2.45, 2.75) is 13.2 Å². The summed E-state index contributed by atoms with van der Waals surface area (Å²) in [6.07, 6.45) is 0. The van der Waals surface area contributed by atoms with Crippen LogP contribution in [0.4, 0.5) is 5.69 Å². The van der Waals surface area contributed by atoms with Crippen LogP contribution in [-0.4, -0.2) is 0 Å². The average Bonchev–Trinajstić information content (AvgIpc) is 2.64. The third-order valence-corrected chi connectivity index (χ3v) is 5.60. The molecule has 0 saturated carbocycles. The van der Waals surface area contributed by atoms with Crippen LogP contribution in [0.3, 0.4) is 0 Å². The monoisotopic (exact) mass is 503 g/mol. The van der Waals surface area contributed by atoms with Crippen LogP contribution in [0, 0.1) is 0 Å². The normalized spacial score (nSPS) is 10.7. The van der Waals surface area contributed by atoms with Gasteiger partial charge in [-0.25, -0.2) is 0 Å². The van der Waals surface area contributed by atoms with Crippen LogP contribution < -0.4 is 10.1 Å². The van der Waals surface area contributed by atoms with Gasteiger partial charge >= 0.3 is 0 Å². The van der Waals surface area contributed by atoms with E-state index in [4.69, 9.17) is 51.1 Å². The molecule has 0 spiro atoms. The van der Waals surface area contributed by atoms with E-state index in [0.717, 1.165) is 27.0 Å². The zero-order valence-corrected chi connectivity index (χ0v) is 18.5. The smallest absolute Gasteiger partial charge is 0.124 e. The van der Waals surface area contributed by atoms with Crippen LogP contribution in [0.5, 0.6) is 5.75 Å².